The quantitative estimate of drug-likeness (QED) is 0.444. The highest BCUT2D eigenvalue weighted by molar-refractivity contribution is 5.64. The van der Waals surface area contributed by atoms with Crippen LogP contribution in [0.25, 0.3) is 11.1 Å². The first-order valence-corrected chi connectivity index (χ1v) is 11.9. The Kier molecular flexibility index (Phi) is 7.29. The van der Waals surface area contributed by atoms with Gasteiger partial charge < -0.3 is 4.48 Å². The van der Waals surface area contributed by atoms with Crippen molar-refractivity contribution in [2.24, 2.45) is 5.41 Å². The lowest BCUT2D eigenvalue weighted by Crippen LogP contribution is -2.55. The summed E-state index contributed by atoms with van der Waals surface area (Å²) in [6, 6.07) is 18.6. The minimum Gasteiger partial charge on any atom is -0.328 e. The molecule has 2 aromatic rings. The maximum atomic E-state index is 2.43. The molecule has 0 amide bonds. The van der Waals surface area contributed by atoms with Crippen LogP contribution in [-0.4, -0.2) is 31.7 Å². The fraction of sp³-hybridized carbons (Fsp3) is 0.586. The van der Waals surface area contributed by atoms with E-state index in [1.54, 1.807) is 0 Å². The molecule has 1 heteroatoms. The lowest BCUT2D eigenvalue weighted by Gasteiger charge is -2.51. The molecule has 0 radical (unpaired) electrons. The second kappa shape index (κ2) is 8.87. The lowest BCUT2D eigenvalue weighted by atomic mass is 9.58. The summed E-state index contributed by atoms with van der Waals surface area (Å²) in [5.74, 6) is 0. The van der Waals surface area contributed by atoms with Gasteiger partial charge in [-0.2, -0.15) is 0 Å². The summed E-state index contributed by atoms with van der Waals surface area (Å²) in [4.78, 5) is 0. The van der Waals surface area contributed by atoms with E-state index < -0.39 is 0 Å². The average molecular weight is 409 g/mol. The summed E-state index contributed by atoms with van der Waals surface area (Å²) in [7, 11) is 4.74. The molecular formula is C29H46N+. The van der Waals surface area contributed by atoms with Gasteiger partial charge in [0.2, 0.25) is 0 Å². The highest BCUT2D eigenvalue weighted by atomic mass is 15.3. The number of likely N-dealkylation sites (tertiary alicyclic amines) is 1. The fourth-order valence-corrected chi connectivity index (χ4v) is 4.84. The molecule has 0 unspecified atom stereocenters. The molecule has 1 aliphatic rings. The molecule has 1 aliphatic heterocycles. The fourth-order valence-electron chi connectivity index (χ4n) is 4.84. The number of hydrogen-bond acceptors (Lipinski definition) is 0. The highest BCUT2D eigenvalue weighted by Crippen LogP contribution is 2.49. The van der Waals surface area contributed by atoms with Crippen molar-refractivity contribution in [2.45, 2.75) is 79.1 Å². The van der Waals surface area contributed by atoms with Gasteiger partial charge in [-0.1, -0.05) is 104 Å². The zero-order chi connectivity index (χ0) is 22.8. The first-order chi connectivity index (χ1) is 13.8. The van der Waals surface area contributed by atoms with E-state index in [-0.39, 0.29) is 16.2 Å². The van der Waals surface area contributed by atoms with Gasteiger partial charge in [0.15, 0.2) is 0 Å². The standard InChI is InChI=1S/C27H40N.C2H6/c1-25(2,3)23-13-9-21(10-14-23)22-11-15-24(16-12-22)27(26(4,5)6)17-19-28(7,8)20-18-27;1-2/h9-16H,17-20H2,1-8H3;1-2H3/q+1;. The summed E-state index contributed by atoms with van der Waals surface area (Å²) in [6.07, 6.45) is 2.53. The van der Waals surface area contributed by atoms with Gasteiger partial charge in [0.05, 0.1) is 27.2 Å². The Morgan fingerprint density at radius 2 is 1.07 bits per heavy atom. The van der Waals surface area contributed by atoms with Crippen molar-refractivity contribution < 1.29 is 4.48 Å². The van der Waals surface area contributed by atoms with Crippen LogP contribution < -0.4 is 0 Å². The predicted octanol–water partition coefficient (Wildman–Crippen LogP) is 7.83. The second-order valence-electron chi connectivity index (χ2n) is 11.6. The van der Waals surface area contributed by atoms with Crippen molar-refractivity contribution in [3.05, 3.63) is 59.7 Å². The molecular weight excluding hydrogens is 362 g/mol. The number of nitrogens with zero attached hydrogens (tertiary/aromatic N) is 1. The number of piperidine rings is 1. The molecule has 2 aromatic carbocycles. The molecule has 0 atom stereocenters. The van der Waals surface area contributed by atoms with E-state index in [0.717, 1.165) is 4.48 Å². The van der Waals surface area contributed by atoms with Crippen LogP contribution in [0.15, 0.2) is 48.5 Å². The monoisotopic (exact) mass is 408 g/mol. The zero-order valence-corrected chi connectivity index (χ0v) is 21.4. The van der Waals surface area contributed by atoms with Gasteiger partial charge >= 0.3 is 0 Å². The second-order valence-corrected chi connectivity index (χ2v) is 11.6. The lowest BCUT2D eigenvalue weighted by molar-refractivity contribution is -0.897. The minimum absolute atomic E-state index is 0.203. The zero-order valence-electron chi connectivity index (χ0n) is 21.4. The van der Waals surface area contributed by atoms with Gasteiger partial charge in [-0.25, -0.2) is 0 Å². The molecule has 1 nitrogen and oxygen atoms in total. The number of quaternary nitrogens is 1. The molecule has 1 heterocycles. The topological polar surface area (TPSA) is 0 Å². The molecule has 0 aliphatic carbocycles. The van der Waals surface area contributed by atoms with Crippen LogP contribution >= 0.6 is 0 Å². The Morgan fingerprint density at radius 3 is 1.43 bits per heavy atom. The third-order valence-electron chi connectivity index (χ3n) is 7.25. The van der Waals surface area contributed by atoms with Crippen molar-refractivity contribution >= 4 is 0 Å². The predicted molar refractivity (Wildman–Crippen MR) is 134 cm³/mol. The third kappa shape index (κ3) is 5.17. The largest absolute Gasteiger partial charge is 0.328 e. The van der Waals surface area contributed by atoms with E-state index in [9.17, 15) is 0 Å². The van der Waals surface area contributed by atoms with E-state index in [1.165, 1.54) is 48.2 Å². The number of rotatable bonds is 2. The smallest absolute Gasteiger partial charge is 0.0791 e. The Morgan fingerprint density at radius 1 is 0.667 bits per heavy atom. The van der Waals surface area contributed by atoms with Gasteiger partial charge in [0.25, 0.3) is 0 Å². The van der Waals surface area contributed by atoms with Crippen LogP contribution in [0.3, 0.4) is 0 Å². The van der Waals surface area contributed by atoms with Crippen molar-refractivity contribution in [3.8, 4) is 11.1 Å². The van der Waals surface area contributed by atoms with Crippen molar-refractivity contribution in [3.63, 3.8) is 0 Å². The van der Waals surface area contributed by atoms with E-state index >= 15 is 0 Å². The van der Waals surface area contributed by atoms with Crippen LogP contribution in [-0.2, 0) is 10.8 Å². The maximum absolute atomic E-state index is 2.43. The van der Waals surface area contributed by atoms with Crippen LogP contribution in [0.5, 0.6) is 0 Å². The van der Waals surface area contributed by atoms with Crippen molar-refractivity contribution in [1.29, 1.82) is 0 Å². The Balaban J connectivity index is 0.00000155. The van der Waals surface area contributed by atoms with Crippen molar-refractivity contribution in [1.82, 2.24) is 0 Å². The first kappa shape index (κ1) is 24.7. The molecule has 3 rings (SSSR count). The van der Waals surface area contributed by atoms with E-state index in [4.69, 9.17) is 0 Å². The molecule has 0 N–H and O–H groups in total. The summed E-state index contributed by atoms with van der Waals surface area (Å²) < 4.78 is 1.15. The van der Waals surface area contributed by atoms with E-state index in [0.29, 0.717) is 0 Å². The van der Waals surface area contributed by atoms with Gasteiger partial charge in [-0.15, -0.1) is 0 Å². The molecule has 30 heavy (non-hydrogen) atoms. The summed E-state index contributed by atoms with van der Waals surface area (Å²) >= 11 is 0. The molecule has 166 valence electrons. The summed E-state index contributed by atoms with van der Waals surface area (Å²) in [5, 5.41) is 0. The normalized spacial score (nSPS) is 18.3. The van der Waals surface area contributed by atoms with E-state index in [2.05, 4.69) is 104 Å². The molecule has 1 saturated heterocycles. The van der Waals surface area contributed by atoms with Gasteiger partial charge in [0.1, 0.15) is 0 Å². The van der Waals surface area contributed by atoms with Crippen LogP contribution in [0.4, 0.5) is 0 Å². The maximum Gasteiger partial charge on any atom is 0.0791 e. The van der Waals surface area contributed by atoms with Gasteiger partial charge in [0, 0.05) is 18.3 Å². The first-order valence-electron chi connectivity index (χ1n) is 11.9. The minimum atomic E-state index is 0.203. The van der Waals surface area contributed by atoms with Crippen LogP contribution in [0.2, 0.25) is 0 Å². The Hall–Kier alpha value is -1.60. The summed E-state index contributed by atoms with van der Waals surface area (Å²) in [5.41, 5.74) is 6.29. The number of benzene rings is 2. The number of hydrogen-bond donors (Lipinski definition) is 0. The highest BCUT2D eigenvalue weighted by Gasteiger charge is 2.48. The third-order valence-corrected chi connectivity index (χ3v) is 7.25. The van der Waals surface area contributed by atoms with E-state index in [1.807, 2.05) is 13.8 Å². The summed E-state index contributed by atoms with van der Waals surface area (Å²) in [6.45, 7) is 20.6. The molecule has 1 fully saturated rings. The van der Waals surface area contributed by atoms with Crippen molar-refractivity contribution in [2.75, 3.05) is 27.2 Å². The average Bonchev–Trinajstić information content (AvgIpc) is 2.68. The molecule has 0 bridgehead atoms. The molecule has 0 spiro atoms. The van der Waals surface area contributed by atoms with Gasteiger partial charge in [-0.05, 0) is 33.1 Å². The SMILES string of the molecule is CC.CC(C)(C)c1ccc(-c2ccc(C3(C(C)(C)C)CC[N+](C)(C)CC3)cc2)cc1. The Bertz CT molecular complexity index is 785. The van der Waals surface area contributed by atoms with Gasteiger partial charge in [-0.3, -0.25) is 0 Å². The van der Waals surface area contributed by atoms with Crippen LogP contribution in [0.1, 0.15) is 79.4 Å². The Labute approximate surface area is 187 Å². The molecule has 0 saturated carbocycles. The van der Waals surface area contributed by atoms with Crippen LogP contribution in [0, 0.1) is 5.41 Å². The molecule has 0 aromatic heterocycles.